The van der Waals surface area contributed by atoms with E-state index in [-0.39, 0.29) is 11.7 Å². The van der Waals surface area contributed by atoms with Crippen molar-refractivity contribution in [1.82, 2.24) is 10.2 Å². The Hall–Kier alpha value is -1.82. The van der Waals surface area contributed by atoms with Crippen LogP contribution in [-0.4, -0.2) is 21.9 Å². The molecule has 2 aromatic rings. The van der Waals surface area contributed by atoms with Crippen LogP contribution in [0.5, 0.6) is 0 Å². The number of nitrogens with zero attached hydrogens (tertiary/aromatic N) is 2. The van der Waals surface area contributed by atoms with E-state index in [0.29, 0.717) is 17.0 Å². The predicted octanol–water partition coefficient (Wildman–Crippen LogP) is 3.80. The molecule has 3 rings (SSSR count). The smallest absolute Gasteiger partial charge is 0.277 e. The number of aryl methyl sites for hydroxylation is 2. The number of nitrogens with one attached hydrogen (secondary N) is 1. The first-order valence-electron chi connectivity index (χ1n) is 8.08. The average Bonchev–Trinajstić information content (AvgIpc) is 3.31. The molecule has 1 amide bonds. The van der Waals surface area contributed by atoms with Crippen LogP contribution < -0.4 is 5.32 Å². The molecular formula is C17H21N3O2S. The Morgan fingerprint density at radius 1 is 1.26 bits per heavy atom. The van der Waals surface area contributed by atoms with Gasteiger partial charge < -0.3 is 9.73 Å². The maximum Gasteiger partial charge on any atom is 0.277 e. The number of thioether (sulfide) groups is 1. The Morgan fingerprint density at radius 3 is 2.57 bits per heavy atom. The molecule has 0 atom stereocenters. The molecule has 23 heavy (non-hydrogen) atoms. The maximum atomic E-state index is 12.3. The highest BCUT2D eigenvalue weighted by atomic mass is 32.2. The quantitative estimate of drug-likeness (QED) is 0.782. The van der Waals surface area contributed by atoms with E-state index in [9.17, 15) is 4.79 Å². The maximum absolute atomic E-state index is 12.3. The molecule has 1 fully saturated rings. The molecular weight excluding hydrogens is 310 g/mol. The standard InChI is InChI=1S/C17H21N3O2S/c1-3-11-6-5-7-12(4-2)15(11)18-14(21)10-23-17-20-19-16(22-17)13-8-9-13/h5-7,13H,3-4,8-10H2,1-2H3,(H,18,21). The van der Waals surface area contributed by atoms with Crippen LogP contribution in [0.25, 0.3) is 0 Å². The molecule has 5 nitrogen and oxygen atoms in total. The highest BCUT2D eigenvalue weighted by Crippen LogP contribution is 2.39. The van der Waals surface area contributed by atoms with Gasteiger partial charge in [0, 0.05) is 11.6 Å². The van der Waals surface area contributed by atoms with Gasteiger partial charge in [0.2, 0.25) is 11.8 Å². The van der Waals surface area contributed by atoms with E-state index < -0.39 is 0 Å². The number of carbonyl (C=O) groups excluding carboxylic acids is 1. The third-order valence-electron chi connectivity index (χ3n) is 3.94. The second-order valence-electron chi connectivity index (χ2n) is 5.68. The van der Waals surface area contributed by atoms with Crippen molar-refractivity contribution < 1.29 is 9.21 Å². The summed E-state index contributed by atoms with van der Waals surface area (Å²) < 4.78 is 5.56. The summed E-state index contributed by atoms with van der Waals surface area (Å²) >= 11 is 1.29. The minimum atomic E-state index is -0.0447. The zero-order chi connectivity index (χ0) is 16.2. The SMILES string of the molecule is CCc1cccc(CC)c1NC(=O)CSc1nnc(C2CC2)o1. The van der Waals surface area contributed by atoms with Crippen molar-refractivity contribution in [3.63, 3.8) is 0 Å². The molecule has 1 aromatic heterocycles. The van der Waals surface area contributed by atoms with Crippen molar-refractivity contribution >= 4 is 23.4 Å². The second kappa shape index (κ2) is 7.17. The molecule has 1 aliphatic carbocycles. The zero-order valence-corrected chi connectivity index (χ0v) is 14.3. The monoisotopic (exact) mass is 331 g/mol. The molecule has 1 aliphatic rings. The minimum absolute atomic E-state index is 0.0447. The van der Waals surface area contributed by atoms with Gasteiger partial charge in [0.05, 0.1) is 5.75 Å². The van der Waals surface area contributed by atoms with Gasteiger partial charge in [0.15, 0.2) is 0 Å². The van der Waals surface area contributed by atoms with Gasteiger partial charge in [0.1, 0.15) is 0 Å². The summed E-state index contributed by atoms with van der Waals surface area (Å²) in [6.07, 6.45) is 4.04. The molecule has 0 aliphatic heterocycles. The van der Waals surface area contributed by atoms with E-state index >= 15 is 0 Å². The summed E-state index contributed by atoms with van der Waals surface area (Å²) in [4.78, 5) is 12.3. The molecule has 122 valence electrons. The van der Waals surface area contributed by atoms with Crippen molar-refractivity contribution in [3.05, 3.63) is 35.2 Å². The number of rotatable bonds is 7. The third kappa shape index (κ3) is 3.93. The number of carbonyl (C=O) groups is 1. The van der Waals surface area contributed by atoms with Crippen molar-refractivity contribution in [3.8, 4) is 0 Å². The summed E-state index contributed by atoms with van der Waals surface area (Å²) in [5, 5.41) is 11.5. The largest absolute Gasteiger partial charge is 0.416 e. The summed E-state index contributed by atoms with van der Waals surface area (Å²) in [5.74, 6) is 1.37. The van der Waals surface area contributed by atoms with E-state index in [1.54, 1.807) is 0 Å². The van der Waals surface area contributed by atoms with Crippen LogP contribution in [-0.2, 0) is 17.6 Å². The fraction of sp³-hybridized carbons (Fsp3) is 0.471. The van der Waals surface area contributed by atoms with Gasteiger partial charge >= 0.3 is 0 Å². The average molecular weight is 331 g/mol. The normalized spacial score (nSPS) is 14.0. The predicted molar refractivity (Wildman–Crippen MR) is 90.8 cm³/mol. The number of benzene rings is 1. The molecule has 0 spiro atoms. The molecule has 1 heterocycles. The molecule has 0 unspecified atom stereocenters. The highest BCUT2D eigenvalue weighted by Gasteiger charge is 2.29. The first-order chi connectivity index (χ1) is 11.2. The summed E-state index contributed by atoms with van der Waals surface area (Å²) in [7, 11) is 0. The minimum Gasteiger partial charge on any atom is -0.416 e. The van der Waals surface area contributed by atoms with Gasteiger partial charge in [-0.3, -0.25) is 4.79 Å². The van der Waals surface area contributed by atoms with Crippen LogP contribution in [0.2, 0.25) is 0 Å². The number of aromatic nitrogens is 2. The Balaban J connectivity index is 1.60. The van der Waals surface area contributed by atoms with Crippen molar-refractivity contribution in [2.75, 3.05) is 11.1 Å². The van der Waals surface area contributed by atoms with Crippen LogP contribution in [0.1, 0.15) is 49.6 Å². The lowest BCUT2D eigenvalue weighted by atomic mass is 10.0. The van der Waals surface area contributed by atoms with Crippen LogP contribution in [0, 0.1) is 0 Å². The Bertz CT molecular complexity index is 673. The van der Waals surface area contributed by atoms with Gasteiger partial charge in [-0.05, 0) is 36.8 Å². The first kappa shape index (κ1) is 16.1. The second-order valence-corrected chi connectivity index (χ2v) is 6.60. The third-order valence-corrected chi connectivity index (χ3v) is 4.76. The topological polar surface area (TPSA) is 68.0 Å². The number of anilines is 1. The van der Waals surface area contributed by atoms with Gasteiger partial charge in [-0.1, -0.05) is 43.8 Å². The van der Waals surface area contributed by atoms with Crippen molar-refractivity contribution in [2.24, 2.45) is 0 Å². The number of hydrogen-bond acceptors (Lipinski definition) is 5. The van der Waals surface area contributed by atoms with Crippen molar-refractivity contribution in [1.29, 1.82) is 0 Å². The fourth-order valence-electron chi connectivity index (χ4n) is 2.48. The summed E-state index contributed by atoms with van der Waals surface area (Å²) in [6.45, 7) is 4.19. The fourth-order valence-corrected chi connectivity index (χ4v) is 3.05. The van der Waals surface area contributed by atoms with Crippen LogP contribution >= 0.6 is 11.8 Å². The van der Waals surface area contributed by atoms with Gasteiger partial charge in [0.25, 0.3) is 5.22 Å². The lowest BCUT2D eigenvalue weighted by Crippen LogP contribution is -2.16. The number of hydrogen-bond donors (Lipinski definition) is 1. The molecule has 1 N–H and O–H groups in total. The lowest BCUT2D eigenvalue weighted by Gasteiger charge is -2.13. The van der Waals surface area contributed by atoms with E-state index in [1.165, 1.54) is 11.8 Å². The molecule has 1 aromatic carbocycles. The summed E-state index contributed by atoms with van der Waals surface area (Å²) in [6, 6.07) is 6.16. The number of para-hydroxylation sites is 1. The number of amides is 1. The molecule has 0 bridgehead atoms. The molecule has 1 saturated carbocycles. The van der Waals surface area contributed by atoms with E-state index in [2.05, 4.69) is 41.5 Å². The highest BCUT2D eigenvalue weighted by molar-refractivity contribution is 7.99. The van der Waals surface area contributed by atoms with Crippen molar-refractivity contribution in [2.45, 2.75) is 50.7 Å². The van der Waals surface area contributed by atoms with Crippen LogP contribution in [0.15, 0.2) is 27.8 Å². The van der Waals surface area contributed by atoms with Gasteiger partial charge in [-0.15, -0.1) is 10.2 Å². The Morgan fingerprint density at radius 2 is 1.96 bits per heavy atom. The lowest BCUT2D eigenvalue weighted by molar-refractivity contribution is -0.113. The van der Waals surface area contributed by atoms with E-state index in [1.807, 2.05) is 6.07 Å². The Kier molecular flexibility index (Phi) is 5.00. The van der Waals surface area contributed by atoms with Crippen LogP contribution in [0.3, 0.4) is 0 Å². The zero-order valence-electron chi connectivity index (χ0n) is 13.5. The van der Waals surface area contributed by atoms with Gasteiger partial charge in [-0.25, -0.2) is 0 Å². The Labute approximate surface area is 140 Å². The van der Waals surface area contributed by atoms with Gasteiger partial charge in [-0.2, -0.15) is 0 Å². The molecule has 0 saturated heterocycles. The first-order valence-corrected chi connectivity index (χ1v) is 9.06. The van der Waals surface area contributed by atoms with E-state index in [0.717, 1.165) is 42.5 Å². The molecule has 0 radical (unpaired) electrons. The van der Waals surface area contributed by atoms with E-state index in [4.69, 9.17) is 4.42 Å². The summed E-state index contributed by atoms with van der Waals surface area (Å²) in [5.41, 5.74) is 3.28. The van der Waals surface area contributed by atoms with Crippen LogP contribution in [0.4, 0.5) is 5.69 Å². The molecule has 6 heteroatoms.